The lowest BCUT2D eigenvalue weighted by Crippen LogP contribution is -2.31. The Morgan fingerprint density at radius 3 is 2.76 bits per heavy atom. The van der Waals surface area contributed by atoms with Crippen LogP contribution in [0.15, 0.2) is 69.7 Å². The summed E-state index contributed by atoms with van der Waals surface area (Å²) >= 11 is 0. The van der Waals surface area contributed by atoms with E-state index in [9.17, 15) is 5.11 Å². The average molecular weight is 337 g/mol. The van der Waals surface area contributed by atoms with E-state index in [4.69, 9.17) is 13.6 Å². The van der Waals surface area contributed by atoms with E-state index in [1.807, 2.05) is 54.6 Å². The fourth-order valence-corrected chi connectivity index (χ4v) is 2.82. The smallest absolute Gasteiger partial charge is 0.139 e. The Bertz CT molecular complexity index is 958. The Balaban J connectivity index is 1.35. The predicted molar refractivity (Wildman–Crippen MR) is 95.6 cm³/mol. The van der Waals surface area contributed by atoms with Gasteiger partial charge < -0.3 is 24.0 Å². The van der Waals surface area contributed by atoms with Crippen molar-refractivity contribution in [2.24, 2.45) is 0 Å². The van der Waals surface area contributed by atoms with Gasteiger partial charge in [0.15, 0.2) is 0 Å². The van der Waals surface area contributed by atoms with Gasteiger partial charge in [-0.1, -0.05) is 18.2 Å². The molecule has 4 aromatic rings. The molecule has 0 bridgehead atoms. The number of hydrogen-bond donors (Lipinski definition) is 2. The molecule has 0 aliphatic heterocycles. The van der Waals surface area contributed by atoms with Gasteiger partial charge in [-0.25, -0.2) is 0 Å². The first-order valence-electron chi connectivity index (χ1n) is 8.25. The van der Waals surface area contributed by atoms with Gasteiger partial charge >= 0.3 is 0 Å². The molecule has 0 amide bonds. The number of ether oxygens (including phenoxy) is 1. The van der Waals surface area contributed by atoms with E-state index in [2.05, 4.69) is 5.32 Å². The number of aliphatic hydroxyl groups excluding tert-OH is 1. The fraction of sp³-hybridized carbons (Fsp3) is 0.200. The van der Waals surface area contributed by atoms with Gasteiger partial charge in [0.05, 0.1) is 12.8 Å². The van der Waals surface area contributed by atoms with E-state index >= 15 is 0 Å². The van der Waals surface area contributed by atoms with Gasteiger partial charge in [0.25, 0.3) is 0 Å². The number of aliphatic hydroxyl groups is 1. The number of para-hydroxylation sites is 1. The van der Waals surface area contributed by atoms with Gasteiger partial charge in [0, 0.05) is 23.4 Å². The molecule has 5 nitrogen and oxygen atoms in total. The molecule has 0 spiro atoms. The number of nitrogens with one attached hydrogen (secondary N) is 1. The molecule has 0 fully saturated rings. The minimum Gasteiger partial charge on any atom is -0.491 e. The molecule has 0 aliphatic rings. The zero-order valence-electron chi connectivity index (χ0n) is 13.6. The van der Waals surface area contributed by atoms with Gasteiger partial charge in [-0.3, -0.25) is 0 Å². The molecule has 2 aromatic carbocycles. The van der Waals surface area contributed by atoms with Gasteiger partial charge in [0.1, 0.15) is 35.4 Å². The normalized spacial score (nSPS) is 12.7. The summed E-state index contributed by atoms with van der Waals surface area (Å²) in [5.41, 5.74) is 1.64. The second kappa shape index (κ2) is 7.01. The first kappa shape index (κ1) is 15.7. The van der Waals surface area contributed by atoms with Crippen molar-refractivity contribution in [2.45, 2.75) is 12.6 Å². The molecule has 5 heteroatoms. The largest absolute Gasteiger partial charge is 0.491 e. The molecule has 2 N–H and O–H groups in total. The summed E-state index contributed by atoms with van der Waals surface area (Å²) in [6.07, 6.45) is 1.02. The predicted octanol–water partition coefficient (Wildman–Crippen LogP) is 3.71. The van der Waals surface area contributed by atoms with Crippen LogP contribution in [0.5, 0.6) is 5.75 Å². The topological polar surface area (TPSA) is 67.8 Å². The first-order valence-corrected chi connectivity index (χ1v) is 8.25. The van der Waals surface area contributed by atoms with Gasteiger partial charge in [-0.15, -0.1) is 0 Å². The van der Waals surface area contributed by atoms with Crippen LogP contribution in [0.4, 0.5) is 0 Å². The Labute approximate surface area is 144 Å². The highest BCUT2D eigenvalue weighted by molar-refractivity contribution is 6.05. The number of hydrogen-bond acceptors (Lipinski definition) is 5. The van der Waals surface area contributed by atoms with Gasteiger partial charge in [-0.2, -0.15) is 0 Å². The molecule has 0 radical (unpaired) electrons. The van der Waals surface area contributed by atoms with E-state index < -0.39 is 6.10 Å². The van der Waals surface area contributed by atoms with E-state index in [-0.39, 0.29) is 6.61 Å². The van der Waals surface area contributed by atoms with Crippen LogP contribution in [0.1, 0.15) is 5.76 Å². The summed E-state index contributed by atoms with van der Waals surface area (Å²) < 4.78 is 16.8. The minimum atomic E-state index is -0.610. The van der Waals surface area contributed by atoms with E-state index in [0.717, 1.165) is 27.7 Å². The zero-order chi connectivity index (χ0) is 17.1. The second-order valence-electron chi connectivity index (χ2n) is 5.93. The third kappa shape index (κ3) is 3.52. The van der Waals surface area contributed by atoms with Crippen LogP contribution in [0.25, 0.3) is 21.9 Å². The van der Waals surface area contributed by atoms with Crippen molar-refractivity contribution in [3.8, 4) is 5.75 Å². The molecule has 0 saturated carbocycles. The van der Waals surface area contributed by atoms with Crippen molar-refractivity contribution in [2.75, 3.05) is 13.2 Å². The number of furan rings is 2. The highest BCUT2D eigenvalue weighted by Crippen LogP contribution is 2.30. The molecular formula is C20H19NO4. The maximum absolute atomic E-state index is 10.0. The number of rotatable bonds is 7. The van der Waals surface area contributed by atoms with Crippen LogP contribution >= 0.6 is 0 Å². The van der Waals surface area contributed by atoms with Crippen LogP contribution in [0.3, 0.4) is 0 Å². The van der Waals surface area contributed by atoms with Crippen LogP contribution in [-0.4, -0.2) is 24.4 Å². The van der Waals surface area contributed by atoms with Crippen molar-refractivity contribution in [3.63, 3.8) is 0 Å². The maximum atomic E-state index is 10.0. The quantitative estimate of drug-likeness (QED) is 0.538. The molecule has 0 unspecified atom stereocenters. The third-order valence-corrected chi connectivity index (χ3v) is 4.05. The number of fused-ring (bicyclic) bond motifs is 3. The Morgan fingerprint density at radius 1 is 1.00 bits per heavy atom. The fourth-order valence-electron chi connectivity index (χ4n) is 2.82. The molecule has 0 saturated heterocycles. The van der Waals surface area contributed by atoms with Gasteiger partial charge in [0.2, 0.25) is 0 Å². The minimum absolute atomic E-state index is 0.205. The lowest BCUT2D eigenvalue weighted by atomic mass is 10.1. The zero-order valence-corrected chi connectivity index (χ0v) is 13.6. The van der Waals surface area contributed by atoms with Crippen molar-refractivity contribution in [1.29, 1.82) is 0 Å². The van der Waals surface area contributed by atoms with Crippen molar-refractivity contribution in [3.05, 3.63) is 66.6 Å². The standard InChI is InChI=1S/C20H19NO4/c22-14(11-21-12-16-4-3-9-23-16)13-24-15-7-8-18-17-5-1-2-6-19(17)25-20(18)10-15/h1-10,14,21-22H,11-13H2/t14-/m0/s1. The molecule has 25 heavy (non-hydrogen) atoms. The average Bonchev–Trinajstić information content (AvgIpc) is 3.26. The molecule has 0 aliphatic carbocycles. The molecule has 4 rings (SSSR count). The van der Waals surface area contributed by atoms with E-state index in [1.165, 1.54) is 0 Å². The lowest BCUT2D eigenvalue weighted by Gasteiger charge is -2.12. The van der Waals surface area contributed by atoms with Crippen molar-refractivity contribution < 1.29 is 18.7 Å². The van der Waals surface area contributed by atoms with Gasteiger partial charge in [-0.05, 0) is 30.3 Å². The summed E-state index contributed by atoms with van der Waals surface area (Å²) in [6.45, 7) is 1.21. The summed E-state index contributed by atoms with van der Waals surface area (Å²) in [5.74, 6) is 1.51. The molecule has 2 heterocycles. The van der Waals surface area contributed by atoms with E-state index in [1.54, 1.807) is 6.26 Å². The Hall–Kier alpha value is -2.76. The Morgan fingerprint density at radius 2 is 1.88 bits per heavy atom. The highest BCUT2D eigenvalue weighted by atomic mass is 16.5. The van der Waals surface area contributed by atoms with Crippen LogP contribution in [0, 0.1) is 0 Å². The third-order valence-electron chi connectivity index (χ3n) is 4.05. The van der Waals surface area contributed by atoms with Crippen molar-refractivity contribution in [1.82, 2.24) is 5.32 Å². The molecule has 2 aromatic heterocycles. The van der Waals surface area contributed by atoms with Crippen LogP contribution in [0.2, 0.25) is 0 Å². The highest BCUT2D eigenvalue weighted by Gasteiger charge is 2.09. The SMILES string of the molecule is O[C@@H](CNCc1ccco1)COc1ccc2c(c1)oc1ccccc12. The second-order valence-corrected chi connectivity index (χ2v) is 5.93. The van der Waals surface area contributed by atoms with Crippen LogP contribution < -0.4 is 10.1 Å². The Kier molecular flexibility index (Phi) is 4.41. The summed E-state index contributed by atoms with van der Waals surface area (Å²) in [7, 11) is 0. The van der Waals surface area contributed by atoms with Crippen LogP contribution in [-0.2, 0) is 6.54 Å². The van der Waals surface area contributed by atoms with E-state index in [0.29, 0.717) is 18.8 Å². The molecular weight excluding hydrogens is 318 g/mol. The summed E-state index contributed by atoms with van der Waals surface area (Å²) in [4.78, 5) is 0. The maximum Gasteiger partial charge on any atom is 0.139 e. The monoisotopic (exact) mass is 337 g/mol. The summed E-state index contributed by atoms with van der Waals surface area (Å²) in [6, 6.07) is 17.4. The first-order chi connectivity index (χ1) is 12.3. The number of benzene rings is 2. The summed E-state index contributed by atoms with van der Waals surface area (Å²) in [5, 5.41) is 15.3. The lowest BCUT2D eigenvalue weighted by molar-refractivity contribution is 0.106. The molecule has 128 valence electrons. The van der Waals surface area contributed by atoms with Crippen molar-refractivity contribution >= 4 is 21.9 Å². The molecule has 1 atom stereocenters.